The molecule has 0 amide bonds. The maximum Gasteiger partial charge on any atom is 0.347 e. The van der Waals surface area contributed by atoms with Crippen molar-refractivity contribution in [1.29, 1.82) is 0 Å². The highest BCUT2D eigenvalue weighted by Crippen LogP contribution is 2.13. The Morgan fingerprint density at radius 3 is 2.79 bits per heavy atom. The predicted octanol–water partition coefficient (Wildman–Crippen LogP) is -0.777. The number of H-pyrrole nitrogens is 1. The monoisotopic (exact) mass is 279 g/mol. The molecule has 0 aromatic carbocycles. The second-order valence-corrected chi connectivity index (χ2v) is 4.01. The van der Waals surface area contributed by atoms with Crippen LogP contribution in [0.25, 0.3) is 11.2 Å². The number of hydrogen-bond donors (Lipinski definition) is 2. The van der Waals surface area contributed by atoms with E-state index < -0.39 is 11.2 Å². The summed E-state index contributed by atoms with van der Waals surface area (Å²) in [6.07, 6.45) is 3.74. The van der Waals surface area contributed by atoms with Gasteiger partial charge in [-0.15, -0.1) is 0 Å². The van der Waals surface area contributed by atoms with Crippen LogP contribution in [0.2, 0.25) is 5.02 Å². The molecule has 0 radical (unpaired) electrons. The van der Waals surface area contributed by atoms with Crippen molar-refractivity contribution in [3.8, 4) is 0 Å². The van der Waals surface area contributed by atoms with E-state index in [2.05, 4.69) is 19.9 Å². The van der Waals surface area contributed by atoms with E-state index in [0.29, 0.717) is 11.2 Å². The number of halogens is 1. The van der Waals surface area contributed by atoms with Crippen LogP contribution in [0.4, 0.5) is 5.82 Å². The van der Waals surface area contributed by atoms with Crippen molar-refractivity contribution in [2.24, 2.45) is 0 Å². The molecule has 19 heavy (non-hydrogen) atoms. The molecular formula is C9H6ClN7O2. The van der Waals surface area contributed by atoms with Crippen molar-refractivity contribution in [3.05, 3.63) is 44.7 Å². The van der Waals surface area contributed by atoms with E-state index in [9.17, 15) is 9.59 Å². The van der Waals surface area contributed by atoms with Crippen molar-refractivity contribution in [2.75, 3.05) is 5.73 Å². The van der Waals surface area contributed by atoms with Gasteiger partial charge in [0.15, 0.2) is 17.0 Å². The Bertz CT molecular complexity index is 893. The molecule has 96 valence electrons. The number of nitrogens with zero attached hydrogens (tertiary/aromatic N) is 5. The average Bonchev–Trinajstić information content (AvgIpc) is 2.79. The van der Waals surface area contributed by atoms with E-state index in [0.717, 1.165) is 4.68 Å². The third-order valence-corrected chi connectivity index (χ3v) is 2.73. The zero-order chi connectivity index (χ0) is 13.6. The van der Waals surface area contributed by atoms with E-state index >= 15 is 0 Å². The van der Waals surface area contributed by atoms with E-state index in [4.69, 9.17) is 17.3 Å². The van der Waals surface area contributed by atoms with Crippen LogP contribution in [0.1, 0.15) is 0 Å². The molecule has 0 spiro atoms. The minimum atomic E-state index is -0.675. The predicted molar refractivity (Wildman–Crippen MR) is 66.9 cm³/mol. The highest BCUT2D eigenvalue weighted by molar-refractivity contribution is 6.30. The number of hydrogen-bond acceptors (Lipinski definition) is 6. The molecule has 10 heteroatoms. The molecule has 0 bridgehead atoms. The van der Waals surface area contributed by atoms with Crippen LogP contribution in [-0.4, -0.2) is 29.3 Å². The SMILES string of the molecule is Nc1ncnc2c1ncn2-n1cc(Cl)c(=O)[nH]c1=O. The number of nitrogens with one attached hydrogen (secondary N) is 1. The first-order valence-corrected chi connectivity index (χ1v) is 5.41. The van der Waals surface area contributed by atoms with E-state index in [1.807, 2.05) is 0 Å². The second-order valence-electron chi connectivity index (χ2n) is 3.60. The number of fused-ring (bicyclic) bond motifs is 1. The summed E-state index contributed by atoms with van der Waals surface area (Å²) < 4.78 is 2.36. The van der Waals surface area contributed by atoms with E-state index in [1.165, 1.54) is 23.5 Å². The van der Waals surface area contributed by atoms with Crippen LogP contribution >= 0.6 is 11.6 Å². The number of aromatic nitrogens is 6. The normalized spacial score (nSPS) is 11.0. The molecule has 0 aliphatic heterocycles. The lowest BCUT2D eigenvalue weighted by molar-refractivity contribution is 0.619. The van der Waals surface area contributed by atoms with Crippen molar-refractivity contribution >= 4 is 28.6 Å². The smallest absolute Gasteiger partial charge is 0.347 e. The minimum absolute atomic E-state index is 0.136. The summed E-state index contributed by atoms with van der Waals surface area (Å²) in [5, 5.41) is -0.136. The number of nitrogens with two attached hydrogens (primary N) is 1. The fourth-order valence-electron chi connectivity index (χ4n) is 1.60. The maximum atomic E-state index is 11.7. The van der Waals surface area contributed by atoms with Gasteiger partial charge in [-0.3, -0.25) is 9.78 Å². The van der Waals surface area contributed by atoms with Gasteiger partial charge >= 0.3 is 5.69 Å². The molecule has 0 saturated heterocycles. The molecule has 0 saturated carbocycles. The molecule has 9 nitrogen and oxygen atoms in total. The number of nitrogen functional groups attached to an aromatic ring is 1. The largest absolute Gasteiger partial charge is 0.382 e. The fourth-order valence-corrected chi connectivity index (χ4v) is 1.74. The molecule has 3 N–H and O–H groups in total. The third-order valence-electron chi connectivity index (χ3n) is 2.46. The molecule has 0 atom stereocenters. The first-order chi connectivity index (χ1) is 9.08. The van der Waals surface area contributed by atoms with Crippen LogP contribution in [0.5, 0.6) is 0 Å². The van der Waals surface area contributed by atoms with Gasteiger partial charge in [-0.2, -0.15) is 0 Å². The van der Waals surface area contributed by atoms with Gasteiger partial charge in [-0.25, -0.2) is 29.1 Å². The Morgan fingerprint density at radius 2 is 2.00 bits per heavy atom. The van der Waals surface area contributed by atoms with Crippen molar-refractivity contribution in [1.82, 2.24) is 29.3 Å². The zero-order valence-corrected chi connectivity index (χ0v) is 10.00. The Balaban J connectivity index is 2.37. The zero-order valence-electron chi connectivity index (χ0n) is 9.24. The summed E-state index contributed by atoms with van der Waals surface area (Å²) in [4.78, 5) is 36.8. The molecule has 0 unspecified atom stereocenters. The topological polar surface area (TPSA) is 124 Å². The van der Waals surface area contributed by atoms with Gasteiger partial charge in [0.2, 0.25) is 0 Å². The van der Waals surface area contributed by atoms with E-state index in [-0.39, 0.29) is 10.8 Å². The molecule has 3 aromatic heterocycles. The van der Waals surface area contributed by atoms with E-state index in [1.54, 1.807) is 0 Å². The first kappa shape index (κ1) is 11.4. The lowest BCUT2D eigenvalue weighted by Gasteiger charge is -2.06. The summed E-state index contributed by atoms with van der Waals surface area (Å²) in [6, 6.07) is 0. The lowest BCUT2D eigenvalue weighted by Crippen LogP contribution is -2.33. The van der Waals surface area contributed by atoms with Gasteiger partial charge in [-0.1, -0.05) is 11.6 Å². The molecule has 0 aliphatic rings. The van der Waals surface area contributed by atoms with Crippen molar-refractivity contribution in [3.63, 3.8) is 0 Å². The standard InChI is InChI=1S/C9H6ClN7O2/c10-4-1-16(9(19)15-8(4)18)17-3-14-5-6(11)12-2-13-7(5)17/h1-3H,(H2,11,12,13)(H,15,18,19). The van der Waals surface area contributed by atoms with Gasteiger partial charge < -0.3 is 5.73 Å². The Labute approximate surface area is 109 Å². The molecule has 0 aliphatic carbocycles. The van der Waals surface area contributed by atoms with Crippen LogP contribution in [0.3, 0.4) is 0 Å². The molecule has 3 heterocycles. The molecular weight excluding hydrogens is 274 g/mol. The van der Waals surface area contributed by atoms with Gasteiger partial charge in [0.05, 0.1) is 6.20 Å². The molecule has 3 rings (SSSR count). The number of aromatic amines is 1. The van der Waals surface area contributed by atoms with Gasteiger partial charge in [0.25, 0.3) is 5.56 Å². The van der Waals surface area contributed by atoms with Gasteiger partial charge in [0, 0.05) is 0 Å². The van der Waals surface area contributed by atoms with Crippen LogP contribution in [-0.2, 0) is 0 Å². The Kier molecular flexibility index (Phi) is 2.35. The van der Waals surface area contributed by atoms with Crippen molar-refractivity contribution in [2.45, 2.75) is 0 Å². The average molecular weight is 280 g/mol. The summed E-state index contributed by atoms with van der Waals surface area (Å²) in [7, 11) is 0. The molecule has 3 aromatic rings. The first-order valence-electron chi connectivity index (χ1n) is 5.03. The lowest BCUT2D eigenvalue weighted by atomic mass is 10.5. The fraction of sp³-hybridized carbons (Fsp3) is 0. The third kappa shape index (κ3) is 1.67. The summed E-state index contributed by atoms with van der Waals surface area (Å²) in [6.45, 7) is 0. The summed E-state index contributed by atoms with van der Waals surface area (Å²) in [5.41, 5.74) is 4.96. The number of imidazole rings is 1. The minimum Gasteiger partial charge on any atom is -0.382 e. The van der Waals surface area contributed by atoms with Crippen LogP contribution < -0.4 is 17.0 Å². The summed E-state index contributed by atoms with van der Waals surface area (Å²) >= 11 is 5.69. The second kappa shape index (κ2) is 3.92. The molecule has 0 fully saturated rings. The van der Waals surface area contributed by atoms with Crippen LogP contribution in [0.15, 0.2) is 28.4 Å². The van der Waals surface area contributed by atoms with Gasteiger partial charge in [-0.05, 0) is 0 Å². The number of anilines is 1. The number of rotatable bonds is 1. The highest BCUT2D eigenvalue weighted by Gasteiger charge is 2.11. The quantitative estimate of drug-likeness (QED) is 0.602. The maximum absolute atomic E-state index is 11.7. The summed E-state index contributed by atoms with van der Waals surface area (Å²) in [5.74, 6) is 0.187. The Morgan fingerprint density at radius 1 is 1.21 bits per heavy atom. The van der Waals surface area contributed by atoms with Crippen molar-refractivity contribution < 1.29 is 0 Å². The van der Waals surface area contributed by atoms with Gasteiger partial charge in [0.1, 0.15) is 17.7 Å². The highest BCUT2D eigenvalue weighted by atomic mass is 35.5. The Hall–Kier alpha value is -2.68. The van der Waals surface area contributed by atoms with Crippen LogP contribution in [0, 0.1) is 0 Å².